The summed E-state index contributed by atoms with van der Waals surface area (Å²) in [5.74, 6) is -0.386. The van der Waals surface area contributed by atoms with Crippen LogP contribution >= 0.6 is 0 Å². The molecule has 0 saturated carbocycles. The zero-order valence-electron chi connectivity index (χ0n) is 13.3. The van der Waals surface area contributed by atoms with Gasteiger partial charge in [-0.05, 0) is 37.9 Å². The lowest BCUT2D eigenvalue weighted by molar-refractivity contribution is -0.119. The minimum absolute atomic E-state index is 0.115. The monoisotopic (exact) mass is 313 g/mol. The number of carbonyl (C=O) groups is 2. The molecule has 3 aliphatic heterocycles. The van der Waals surface area contributed by atoms with Crippen molar-refractivity contribution in [2.75, 3.05) is 19.6 Å². The van der Waals surface area contributed by atoms with Crippen LogP contribution in [0, 0.1) is 5.92 Å². The predicted molar refractivity (Wildman–Crippen MR) is 88.3 cm³/mol. The maximum absolute atomic E-state index is 12.6. The molecule has 4 heterocycles. The SMILES string of the molecule is Cn1cc(C(=O)C(=O)N[14C@@H]2CN3CCC2CC3)c2ccccc21. The van der Waals surface area contributed by atoms with Gasteiger partial charge in [-0.25, -0.2) is 0 Å². The van der Waals surface area contributed by atoms with Gasteiger partial charge >= 0.3 is 0 Å². The number of hydrogen-bond acceptors (Lipinski definition) is 3. The van der Waals surface area contributed by atoms with Crippen LogP contribution in [0.5, 0.6) is 0 Å². The number of carbonyl (C=O) groups excluding carboxylic acids is 2. The van der Waals surface area contributed by atoms with Gasteiger partial charge in [-0.1, -0.05) is 18.2 Å². The standard InChI is InChI=1S/C18H21N3O2/c1-20-10-14(13-4-2-3-5-16(13)20)17(22)18(23)19-15-11-21-8-6-12(15)7-9-21/h2-5,10,12,15H,6-9,11H2,1H3,(H,19,23)/t15-/m1/s1/i15+2. The molecule has 0 spiro atoms. The number of benzene rings is 1. The lowest BCUT2D eigenvalue weighted by Crippen LogP contribution is -2.58. The number of hydrogen-bond donors (Lipinski definition) is 1. The number of aryl methyl sites for hydroxylation is 1. The summed E-state index contributed by atoms with van der Waals surface area (Å²) in [5.41, 5.74) is 1.45. The van der Waals surface area contributed by atoms with Gasteiger partial charge in [0.15, 0.2) is 0 Å². The van der Waals surface area contributed by atoms with Crippen molar-refractivity contribution < 1.29 is 9.59 Å². The molecule has 1 atom stereocenters. The third-order valence-electron chi connectivity index (χ3n) is 5.32. The van der Waals surface area contributed by atoms with Crippen molar-refractivity contribution in [1.29, 1.82) is 0 Å². The molecule has 1 aromatic carbocycles. The highest BCUT2D eigenvalue weighted by Gasteiger charge is 2.36. The fourth-order valence-corrected chi connectivity index (χ4v) is 4.01. The molecule has 1 N–H and O–H groups in total. The van der Waals surface area contributed by atoms with E-state index in [1.807, 2.05) is 35.9 Å². The number of rotatable bonds is 3. The Kier molecular flexibility index (Phi) is 3.45. The Balaban J connectivity index is 1.55. The van der Waals surface area contributed by atoms with Crippen LogP contribution in [0.1, 0.15) is 23.2 Å². The number of aromatic nitrogens is 1. The van der Waals surface area contributed by atoms with Crippen molar-refractivity contribution in [1.82, 2.24) is 14.8 Å². The van der Waals surface area contributed by atoms with E-state index in [1.54, 1.807) is 6.20 Å². The molecule has 2 aromatic rings. The Morgan fingerprint density at radius 1 is 1.22 bits per heavy atom. The highest BCUT2D eigenvalue weighted by Crippen LogP contribution is 2.27. The number of nitrogens with one attached hydrogen (secondary N) is 1. The quantitative estimate of drug-likeness (QED) is 0.691. The van der Waals surface area contributed by atoms with Crippen molar-refractivity contribution >= 4 is 22.6 Å². The fourth-order valence-electron chi connectivity index (χ4n) is 4.01. The molecule has 3 saturated heterocycles. The lowest BCUT2D eigenvalue weighted by atomic mass is 10.0. The van der Waals surface area contributed by atoms with E-state index in [1.165, 1.54) is 0 Å². The van der Waals surface area contributed by atoms with Gasteiger partial charge in [0.25, 0.3) is 11.7 Å². The topological polar surface area (TPSA) is 54.3 Å². The Morgan fingerprint density at radius 2 is 1.96 bits per heavy atom. The Hall–Kier alpha value is -2.14. The zero-order chi connectivity index (χ0) is 16.0. The third-order valence-corrected chi connectivity index (χ3v) is 5.32. The molecule has 1 amide bonds. The maximum Gasteiger partial charge on any atom is 0.292 e. The number of ketones is 1. The first-order valence-electron chi connectivity index (χ1n) is 8.25. The number of piperidine rings is 3. The third kappa shape index (κ3) is 2.45. The smallest absolute Gasteiger partial charge is 0.292 e. The van der Waals surface area contributed by atoms with E-state index < -0.39 is 11.7 Å². The molecule has 5 heteroatoms. The number of fused-ring (bicyclic) bond motifs is 4. The summed E-state index contributed by atoms with van der Waals surface area (Å²) >= 11 is 0. The van der Waals surface area contributed by atoms with E-state index in [2.05, 4.69) is 10.2 Å². The van der Waals surface area contributed by atoms with Gasteiger partial charge in [0.05, 0.1) is 5.56 Å². The number of amides is 1. The number of nitrogens with zero attached hydrogens (tertiary/aromatic N) is 2. The average Bonchev–Trinajstić information content (AvgIpc) is 2.92. The molecule has 0 unspecified atom stereocenters. The normalized spacial score (nSPS) is 26.4. The van der Waals surface area contributed by atoms with Crippen LogP contribution in [0.4, 0.5) is 0 Å². The second-order valence-corrected chi connectivity index (χ2v) is 6.72. The molecule has 3 fully saturated rings. The Bertz CT molecular complexity index is 772. The highest BCUT2D eigenvalue weighted by atomic mass is 16.2. The van der Waals surface area contributed by atoms with Crippen molar-refractivity contribution in [2.45, 2.75) is 18.9 Å². The molecular weight excluding hydrogens is 292 g/mol. The van der Waals surface area contributed by atoms with Gasteiger partial charge in [-0.3, -0.25) is 9.59 Å². The van der Waals surface area contributed by atoms with Gasteiger partial charge in [0, 0.05) is 36.7 Å². The van der Waals surface area contributed by atoms with Crippen LogP contribution in [0.2, 0.25) is 0 Å². The van der Waals surface area contributed by atoms with Crippen molar-refractivity contribution in [3.05, 3.63) is 36.0 Å². The van der Waals surface area contributed by atoms with Crippen LogP contribution < -0.4 is 5.32 Å². The summed E-state index contributed by atoms with van der Waals surface area (Å²) < 4.78 is 1.89. The van der Waals surface area contributed by atoms with Crippen LogP contribution in [0.15, 0.2) is 30.5 Å². The molecule has 5 nitrogen and oxygen atoms in total. The maximum atomic E-state index is 12.6. The van der Waals surface area contributed by atoms with Gasteiger partial charge in [0.1, 0.15) is 0 Å². The van der Waals surface area contributed by atoms with Gasteiger partial charge in [-0.2, -0.15) is 0 Å². The molecular formula is C18H21N3O2. The van der Waals surface area contributed by atoms with Crippen molar-refractivity contribution in [3.8, 4) is 0 Å². The zero-order valence-corrected chi connectivity index (χ0v) is 13.3. The first kappa shape index (κ1) is 14.5. The Labute approximate surface area is 135 Å². The summed E-state index contributed by atoms with van der Waals surface area (Å²) in [6.45, 7) is 3.11. The van der Waals surface area contributed by atoms with Gasteiger partial charge < -0.3 is 14.8 Å². The summed E-state index contributed by atoms with van der Waals surface area (Å²) in [7, 11) is 1.89. The number of para-hydroxylation sites is 1. The first-order valence-corrected chi connectivity index (χ1v) is 8.25. The minimum atomic E-state index is -0.472. The van der Waals surface area contributed by atoms with E-state index in [-0.39, 0.29) is 6.04 Å². The Morgan fingerprint density at radius 3 is 2.65 bits per heavy atom. The molecule has 2 bridgehead atoms. The van der Waals surface area contributed by atoms with Crippen molar-refractivity contribution in [3.63, 3.8) is 0 Å². The molecule has 5 rings (SSSR count). The second kappa shape index (κ2) is 5.49. The molecule has 1 aromatic heterocycles. The molecule has 0 aliphatic carbocycles. The summed E-state index contributed by atoms with van der Waals surface area (Å²) in [4.78, 5) is 27.4. The minimum Gasteiger partial charge on any atom is -0.350 e. The van der Waals surface area contributed by atoms with E-state index in [9.17, 15) is 9.59 Å². The van der Waals surface area contributed by atoms with Crippen LogP contribution in [-0.4, -0.2) is 46.8 Å². The largest absolute Gasteiger partial charge is 0.350 e. The fraction of sp³-hybridized carbons (Fsp3) is 0.444. The van der Waals surface area contributed by atoms with Gasteiger partial charge in [0.2, 0.25) is 0 Å². The van der Waals surface area contributed by atoms with E-state index >= 15 is 0 Å². The first-order chi connectivity index (χ1) is 11.1. The molecule has 3 aliphatic rings. The van der Waals surface area contributed by atoms with Crippen LogP contribution in [0.3, 0.4) is 0 Å². The lowest BCUT2D eigenvalue weighted by Gasteiger charge is -2.44. The van der Waals surface area contributed by atoms with E-state index in [4.69, 9.17) is 0 Å². The molecule has 0 radical (unpaired) electrons. The average molecular weight is 313 g/mol. The van der Waals surface area contributed by atoms with Crippen LogP contribution in [-0.2, 0) is 11.8 Å². The summed E-state index contributed by atoms with van der Waals surface area (Å²) in [6.07, 6.45) is 3.99. The highest BCUT2D eigenvalue weighted by molar-refractivity contribution is 6.45. The van der Waals surface area contributed by atoms with Crippen LogP contribution in [0.25, 0.3) is 10.9 Å². The second-order valence-electron chi connectivity index (χ2n) is 6.72. The summed E-state index contributed by atoms with van der Waals surface area (Å²) in [6, 6.07) is 7.79. The van der Waals surface area contributed by atoms with E-state index in [0.29, 0.717) is 11.5 Å². The van der Waals surface area contributed by atoms with Crippen molar-refractivity contribution in [2.24, 2.45) is 13.0 Å². The molecule has 23 heavy (non-hydrogen) atoms. The molecule has 120 valence electrons. The summed E-state index contributed by atoms with van der Waals surface area (Å²) in [5, 5.41) is 3.82. The number of Topliss-reactive ketones (excluding diaryl/α,β-unsaturated/α-hetero) is 1. The van der Waals surface area contributed by atoms with Gasteiger partial charge in [-0.15, -0.1) is 0 Å². The predicted octanol–water partition coefficient (Wildman–Crippen LogP) is 1.57. The van der Waals surface area contributed by atoms with E-state index in [0.717, 1.165) is 43.4 Å².